The molecular formula is C13H20ClN5S. The molecule has 5 nitrogen and oxygen atoms in total. The first-order valence-electron chi connectivity index (χ1n) is 6.70. The summed E-state index contributed by atoms with van der Waals surface area (Å²) >= 11 is 7.56. The van der Waals surface area contributed by atoms with E-state index in [-0.39, 0.29) is 0 Å². The molecule has 0 saturated carbocycles. The summed E-state index contributed by atoms with van der Waals surface area (Å²) in [5, 5.41) is 11.5. The summed E-state index contributed by atoms with van der Waals surface area (Å²) < 4.78 is 2.74. The zero-order valence-electron chi connectivity index (χ0n) is 11.8. The molecule has 2 heterocycles. The van der Waals surface area contributed by atoms with Crippen LogP contribution in [0.2, 0.25) is 4.34 Å². The van der Waals surface area contributed by atoms with Crippen LogP contribution in [0.3, 0.4) is 0 Å². The lowest BCUT2D eigenvalue weighted by Gasteiger charge is -2.14. The first-order valence-corrected chi connectivity index (χ1v) is 7.89. The van der Waals surface area contributed by atoms with Crippen molar-refractivity contribution in [1.82, 2.24) is 25.2 Å². The van der Waals surface area contributed by atoms with Gasteiger partial charge in [-0.3, -0.25) is 9.58 Å². The molecule has 0 saturated heterocycles. The number of rotatable bonds is 8. The first kappa shape index (κ1) is 15.4. The minimum atomic E-state index is 0.778. The van der Waals surface area contributed by atoms with E-state index in [1.54, 1.807) is 11.3 Å². The maximum Gasteiger partial charge on any atom is 0.0964 e. The van der Waals surface area contributed by atoms with Crippen LogP contribution in [0.1, 0.15) is 17.5 Å². The van der Waals surface area contributed by atoms with Crippen LogP contribution < -0.4 is 5.32 Å². The van der Waals surface area contributed by atoms with Crippen molar-refractivity contribution in [1.29, 1.82) is 0 Å². The van der Waals surface area contributed by atoms with Crippen LogP contribution in [0.25, 0.3) is 0 Å². The van der Waals surface area contributed by atoms with Gasteiger partial charge in [-0.1, -0.05) is 23.7 Å². The van der Waals surface area contributed by atoms with Gasteiger partial charge in [0, 0.05) is 30.7 Å². The molecule has 0 unspecified atom stereocenters. The molecule has 2 aromatic rings. The highest BCUT2D eigenvalue weighted by atomic mass is 35.5. The maximum atomic E-state index is 5.93. The SMILES string of the molecule is CCNCc1cn(CCN(C)Cc2ccc(Cl)s2)nn1. The van der Waals surface area contributed by atoms with Crippen LogP contribution in [0.15, 0.2) is 18.3 Å². The Labute approximate surface area is 128 Å². The monoisotopic (exact) mass is 313 g/mol. The Morgan fingerprint density at radius 2 is 2.30 bits per heavy atom. The smallest absolute Gasteiger partial charge is 0.0964 e. The Kier molecular flexibility index (Phi) is 5.97. The van der Waals surface area contributed by atoms with Crippen molar-refractivity contribution >= 4 is 22.9 Å². The van der Waals surface area contributed by atoms with Crippen molar-refractivity contribution in [2.24, 2.45) is 0 Å². The fraction of sp³-hybridized carbons (Fsp3) is 0.538. The van der Waals surface area contributed by atoms with Gasteiger partial charge in [0.1, 0.15) is 0 Å². The number of aromatic nitrogens is 3. The van der Waals surface area contributed by atoms with Gasteiger partial charge in [-0.25, -0.2) is 0 Å². The number of thiophene rings is 1. The molecule has 0 radical (unpaired) electrons. The lowest BCUT2D eigenvalue weighted by Crippen LogP contribution is -2.22. The van der Waals surface area contributed by atoms with Gasteiger partial charge in [-0.05, 0) is 25.7 Å². The van der Waals surface area contributed by atoms with Gasteiger partial charge in [-0.15, -0.1) is 16.4 Å². The molecule has 0 aliphatic carbocycles. The van der Waals surface area contributed by atoms with Crippen molar-refractivity contribution in [3.63, 3.8) is 0 Å². The highest BCUT2D eigenvalue weighted by Crippen LogP contribution is 2.22. The van der Waals surface area contributed by atoms with Gasteiger partial charge < -0.3 is 5.32 Å². The standard InChI is InChI=1S/C13H20ClN5S/c1-3-15-8-11-9-19(17-16-11)7-6-18(2)10-12-4-5-13(14)20-12/h4-5,9,15H,3,6-8,10H2,1-2H3. The molecule has 0 spiro atoms. The second-order valence-corrected chi connectivity index (χ2v) is 6.50. The lowest BCUT2D eigenvalue weighted by atomic mass is 10.4. The van der Waals surface area contributed by atoms with Gasteiger partial charge in [0.25, 0.3) is 0 Å². The summed E-state index contributed by atoms with van der Waals surface area (Å²) in [6.45, 7) is 6.49. The third-order valence-corrected chi connectivity index (χ3v) is 4.12. The Balaban J connectivity index is 1.75. The Morgan fingerprint density at radius 3 is 3.00 bits per heavy atom. The minimum absolute atomic E-state index is 0.778. The van der Waals surface area contributed by atoms with Crippen LogP contribution in [0.4, 0.5) is 0 Å². The van der Waals surface area contributed by atoms with Crippen molar-refractivity contribution in [2.45, 2.75) is 26.6 Å². The fourth-order valence-corrected chi connectivity index (χ4v) is 3.00. The van der Waals surface area contributed by atoms with Crippen LogP contribution in [-0.2, 0) is 19.6 Å². The molecule has 0 bridgehead atoms. The molecular weight excluding hydrogens is 294 g/mol. The number of halogens is 1. The summed E-state index contributed by atoms with van der Waals surface area (Å²) in [6, 6.07) is 4.02. The van der Waals surface area contributed by atoms with E-state index in [0.29, 0.717) is 0 Å². The number of hydrogen-bond donors (Lipinski definition) is 1. The van der Waals surface area contributed by atoms with Crippen molar-refractivity contribution < 1.29 is 0 Å². The third kappa shape index (κ3) is 4.86. The summed E-state index contributed by atoms with van der Waals surface area (Å²) in [7, 11) is 2.10. The largest absolute Gasteiger partial charge is 0.311 e. The highest BCUT2D eigenvalue weighted by Gasteiger charge is 2.05. The molecule has 2 rings (SSSR count). The molecule has 1 N–H and O–H groups in total. The van der Waals surface area contributed by atoms with E-state index in [9.17, 15) is 0 Å². The number of hydrogen-bond acceptors (Lipinski definition) is 5. The second kappa shape index (κ2) is 7.73. The van der Waals surface area contributed by atoms with Gasteiger partial charge in [0.05, 0.1) is 16.6 Å². The van der Waals surface area contributed by atoms with E-state index in [0.717, 1.165) is 42.8 Å². The van der Waals surface area contributed by atoms with Crippen molar-refractivity contribution in [2.75, 3.05) is 20.1 Å². The molecule has 0 amide bonds. The quantitative estimate of drug-likeness (QED) is 0.812. The van der Waals surface area contributed by atoms with Crippen LogP contribution in [-0.4, -0.2) is 40.0 Å². The lowest BCUT2D eigenvalue weighted by molar-refractivity contribution is 0.306. The normalized spacial score (nSPS) is 11.4. The Morgan fingerprint density at radius 1 is 1.45 bits per heavy atom. The van der Waals surface area contributed by atoms with Crippen LogP contribution in [0.5, 0.6) is 0 Å². The number of nitrogens with one attached hydrogen (secondary N) is 1. The van der Waals surface area contributed by atoms with Crippen LogP contribution in [0, 0.1) is 0 Å². The topological polar surface area (TPSA) is 46.0 Å². The highest BCUT2D eigenvalue weighted by molar-refractivity contribution is 7.16. The average molecular weight is 314 g/mol. The summed E-state index contributed by atoms with van der Waals surface area (Å²) in [5.74, 6) is 0. The molecule has 0 atom stereocenters. The summed E-state index contributed by atoms with van der Waals surface area (Å²) in [4.78, 5) is 3.54. The average Bonchev–Trinajstić information content (AvgIpc) is 3.03. The Hall–Kier alpha value is -0.950. The zero-order valence-corrected chi connectivity index (χ0v) is 13.4. The van der Waals surface area contributed by atoms with Gasteiger partial charge >= 0.3 is 0 Å². The first-order chi connectivity index (χ1) is 9.67. The van der Waals surface area contributed by atoms with E-state index < -0.39 is 0 Å². The molecule has 7 heteroatoms. The van der Waals surface area contributed by atoms with E-state index in [1.807, 2.05) is 16.9 Å². The predicted octanol–water partition coefficient (Wildman–Crippen LogP) is 2.23. The molecule has 0 aliphatic rings. The molecule has 20 heavy (non-hydrogen) atoms. The molecule has 0 fully saturated rings. The van der Waals surface area contributed by atoms with E-state index >= 15 is 0 Å². The number of nitrogens with zero attached hydrogens (tertiary/aromatic N) is 4. The van der Waals surface area contributed by atoms with E-state index in [2.05, 4.69) is 40.6 Å². The van der Waals surface area contributed by atoms with Crippen molar-refractivity contribution in [3.05, 3.63) is 33.2 Å². The van der Waals surface area contributed by atoms with E-state index in [1.165, 1.54) is 4.88 Å². The third-order valence-electron chi connectivity index (χ3n) is 2.91. The second-order valence-electron chi connectivity index (χ2n) is 4.70. The summed E-state index contributed by atoms with van der Waals surface area (Å²) in [6.07, 6.45) is 2.00. The number of likely N-dealkylation sites (N-methyl/N-ethyl adjacent to an activating group) is 1. The minimum Gasteiger partial charge on any atom is -0.311 e. The summed E-state index contributed by atoms with van der Waals surface area (Å²) in [5.41, 5.74) is 0.986. The molecule has 110 valence electrons. The van der Waals surface area contributed by atoms with Gasteiger partial charge in [-0.2, -0.15) is 0 Å². The fourth-order valence-electron chi connectivity index (χ4n) is 1.84. The molecule has 0 aromatic carbocycles. The predicted molar refractivity (Wildman–Crippen MR) is 83.1 cm³/mol. The molecule has 2 aromatic heterocycles. The van der Waals surface area contributed by atoms with Gasteiger partial charge in [0.15, 0.2) is 0 Å². The van der Waals surface area contributed by atoms with Crippen LogP contribution >= 0.6 is 22.9 Å². The molecule has 0 aliphatic heterocycles. The van der Waals surface area contributed by atoms with Crippen molar-refractivity contribution in [3.8, 4) is 0 Å². The maximum absolute atomic E-state index is 5.93. The zero-order chi connectivity index (χ0) is 14.4. The van der Waals surface area contributed by atoms with Gasteiger partial charge in [0.2, 0.25) is 0 Å². The van der Waals surface area contributed by atoms with E-state index in [4.69, 9.17) is 11.6 Å². The Bertz CT molecular complexity index is 524.